The number of anilines is 1. The smallest absolute Gasteiger partial charge is 0.254 e. The van der Waals surface area contributed by atoms with Crippen LogP contribution in [0.4, 0.5) is 5.00 Å². The first-order chi connectivity index (χ1) is 8.19. The van der Waals surface area contributed by atoms with Crippen molar-refractivity contribution >= 4 is 22.2 Å². The van der Waals surface area contributed by atoms with E-state index in [0.29, 0.717) is 17.5 Å². The maximum absolute atomic E-state index is 12.1. The molecule has 1 atom stereocenters. The van der Waals surface area contributed by atoms with E-state index in [0.717, 1.165) is 18.4 Å². The van der Waals surface area contributed by atoms with E-state index in [1.54, 1.807) is 11.3 Å². The van der Waals surface area contributed by atoms with E-state index in [9.17, 15) is 4.79 Å². The quantitative estimate of drug-likeness (QED) is 0.869. The number of carbonyl (C=O) groups excluding carboxylic acids is 1. The summed E-state index contributed by atoms with van der Waals surface area (Å²) < 4.78 is 0. The molecule has 0 fully saturated rings. The van der Waals surface area contributed by atoms with Crippen molar-refractivity contribution in [1.82, 2.24) is 5.32 Å². The highest BCUT2D eigenvalue weighted by Crippen LogP contribution is 2.43. The van der Waals surface area contributed by atoms with Gasteiger partial charge in [0.05, 0.1) is 10.6 Å². The molecule has 0 aromatic carbocycles. The van der Waals surface area contributed by atoms with E-state index in [-0.39, 0.29) is 5.91 Å². The third-order valence-corrected chi connectivity index (χ3v) is 4.57. The lowest BCUT2D eigenvalue weighted by Gasteiger charge is -2.22. The summed E-state index contributed by atoms with van der Waals surface area (Å²) >= 11 is 1.61. The number of rotatable bonds is 3. The average molecular weight is 252 g/mol. The van der Waals surface area contributed by atoms with Gasteiger partial charge in [-0.05, 0) is 44.1 Å². The minimum absolute atomic E-state index is 0.00264. The fourth-order valence-electron chi connectivity index (χ4n) is 2.67. The molecule has 0 bridgehead atoms. The average Bonchev–Trinajstić information content (AvgIpc) is 2.65. The van der Waals surface area contributed by atoms with Gasteiger partial charge in [0.1, 0.15) is 0 Å². The molecule has 3 nitrogen and oxygen atoms in total. The molecule has 4 heteroatoms. The Labute approximate surface area is 106 Å². The highest BCUT2D eigenvalue weighted by molar-refractivity contribution is 7.16. The van der Waals surface area contributed by atoms with Crippen LogP contribution in [-0.2, 0) is 6.42 Å². The second-order valence-electron chi connectivity index (χ2n) is 4.54. The van der Waals surface area contributed by atoms with Gasteiger partial charge in [-0.2, -0.15) is 0 Å². The molecule has 0 radical (unpaired) electrons. The molecule has 17 heavy (non-hydrogen) atoms. The summed E-state index contributed by atoms with van der Waals surface area (Å²) in [6, 6.07) is 0. The molecule has 0 saturated heterocycles. The molecule has 2 rings (SSSR count). The van der Waals surface area contributed by atoms with Crippen LogP contribution in [0.3, 0.4) is 0 Å². The summed E-state index contributed by atoms with van der Waals surface area (Å²) in [5.41, 5.74) is 8.03. The van der Waals surface area contributed by atoms with Crippen molar-refractivity contribution in [3.63, 3.8) is 0 Å². The highest BCUT2D eigenvalue weighted by Gasteiger charge is 2.29. The van der Waals surface area contributed by atoms with Crippen LogP contribution in [-0.4, -0.2) is 12.5 Å². The zero-order chi connectivity index (χ0) is 12.4. The molecular weight excluding hydrogens is 232 g/mol. The fraction of sp³-hybridized carbons (Fsp3) is 0.615. The second kappa shape index (κ2) is 5.08. The fourth-order valence-corrected chi connectivity index (χ4v) is 3.87. The summed E-state index contributed by atoms with van der Waals surface area (Å²) in [4.78, 5) is 13.4. The van der Waals surface area contributed by atoms with Crippen LogP contribution in [0, 0.1) is 0 Å². The van der Waals surface area contributed by atoms with Crippen LogP contribution in [0.5, 0.6) is 0 Å². The monoisotopic (exact) mass is 252 g/mol. The first-order valence-electron chi connectivity index (χ1n) is 6.38. The largest absolute Gasteiger partial charge is 0.390 e. The summed E-state index contributed by atoms with van der Waals surface area (Å²) in [6.07, 6.45) is 4.59. The Kier molecular flexibility index (Phi) is 3.72. The van der Waals surface area contributed by atoms with Crippen molar-refractivity contribution in [2.24, 2.45) is 0 Å². The lowest BCUT2D eigenvalue weighted by Crippen LogP contribution is -2.25. The zero-order valence-corrected chi connectivity index (χ0v) is 11.3. The van der Waals surface area contributed by atoms with Gasteiger partial charge in [0.2, 0.25) is 0 Å². The molecular formula is C13H20N2OS. The molecule has 1 unspecified atom stereocenters. The Hall–Kier alpha value is -1.03. The molecule has 1 aromatic rings. The number of carbonyl (C=O) groups is 1. The van der Waals surface area contributed by atoms with Gasteiger partial charge >= 0.3 is 0 Å². The van der Waals surface area contributed by atoms with Gasteiger partial charge in [-0.25, -0.2) is 0 Å². The van der Waals surface area contributed by atoms with E-state index in [1.165, 1.54) is 23.3 Å². The Morgan fingerprint density at radius 1 is 1.53 bits per heavy atom. The number of nitrogens with one attached hydrogen (secondary N) is 1. The third-order valence-electron chi connectivity index (χ3n) is 3.47. The van der Waals surface area contributed by atoms with Crippen LogP contribution < -0.4 is 11.1 Å². The van der Waals surface area contributed by atoms with Gasteiger partial charge in [0, 0.05) is 11.4 Å². The lowest BCUT2D eigenvalue weighted by atomic mass is 9.83. The van der Waals surface area contributed by atoms with Gasteiger partial charge in [0.15, 0.2) is 0 Å². The van der Waals surface area contributed by atoms with Crippen molar-refractivity contribution in [1.29, 1.82) is 0 Å². The number of nitrogen functional groups attached to an aromatic ring is 1. The number of fused-ring (bicyclic) bond motifs is 1. The van der Waals surface area contributed by atoms with Crippen LogP contribution in [0.2, 0.25) is 0 Å². The maximum Gasteiger partial charge on any atom is 0.254 e. The van der Waals surface area contributed by atoms with Crippen LogP contribution in [0.1, 0.15) is 59.8 Å². The van der Waals surface area contributed by atoms with Crippen molar-refractivity contribution < 1.29 is 4.79 Å². The molecule has 0 saturated carbocycles. The summed E-state index contributed by atoms with van der Waals surface area (Å²) in [5, 5.41) is 3.57. The molecule has 1 aliphatic rings. The normalized spacial score (nSPS) is 18.8. The van der Waals surface area contributed by atoms with E-state index in [4.69, 9.17) is 5.73 Å². The third kappa shape index (κ3) is 2.18. The van der Waals surface area contributed by atoms with Gasteiger partial charge in [-0.1, -0.05) is 6.92 Å². The van der Waals surface area contributed by atoms with Gasteiger partial charge < -0.3 is 11.1 Å². The summed E-state index contributed by atoms with van der Waals surface area (Å²) in [5.74, 6) is 0.521. The number of nitrogens with two attached hydrogens (primary N) is 1. The first-order valence-corrected chi connectivity index (χ1v) is 7.19. The van der Waals surface area contributed by atoms with Gasteiger partial charge in [0.25, 0.3) is 5.91 Å². The number of aryl methyl sites for hydroxylation is 1. The molecule has 94 valence electrons. The molecule has 1 aliphatic carbocycles. The molecule has 0 aliphatic heterocycles. The number of hydrogen-bond acceptors (Lipinski definition) is 3. The first kappa shape index (κ1) is 12.4. The Bertz CT molecular complexity index is 425. The van der Waals surface area contributed by atoms with Crippen molar-refractivity contribution in [2.45, 2.75) is 45.4 Å². The van der Waals surface area contributed by atoms with Crippen LogP contribution in [0.15, 0.2) is 0 Å². The Morgan fingerprint density at radius 3 is 2.94 bits per heavy atom. The standard InChI is InChI=1S/C13H20N2OS/c1-3-8-6-5-7-9-10(8)11(12(14)17-9)13(16)15-4-2/h8H,3-7,14H2,1-2H3,(H,15,16). The van der Waals surface area contributed by atoms with Crippen LogP contribution >= 0.6 is 11.3 Å². The molecule has 1 aromatic heterocycles. The summed E-state index contributed by atoms with van der Waals surface area (Å²) in [7, 11) is 0. The van der Waals surface area contributed by atoms with E-state index in [2.05, 4.69) is 12.2 Å². The minimum Gasteiger partial charge on any atom is -0.390 e. The summed E-state index contributed by atoms with van der Waals surface area (Å²) in [6.45, 7) is 4.78. The number of hydrogen-bond donors (Lipinski definition) is 2. The Morgan fingerprint density at radius 2 is 2.29 bits per heavy atom. The predicted molar refractivity (Wildman–Crippen MR) is 72.7 cm³/mol. The maximum atomic E-state index is 12.1. The predicted octanol–water partition coefficient (Wildman–Crippen LogP) is 2.91. The van der Waals surface area contributed by atoms with E-state index < -0.39 is 0 Å². The second-order valence-corrected chi connectivity index (χ2v) is 5.67. The van der Waals surface area contributed by atoms with Gasteiger partial charge in [-0.15, -0.1) is 11.3 Å². The topological polar surface area (TPSA) is 55.1 Å². The highest BCUT2D eigenvalue weighted by atomic mass is 32.1. The zero-order valence-electron chi connectivity index (χ0n) is 10.5. The lowest BCUT2D eigenvalue weighted by molar-refractivity contribution is 0.0955. The van der Waals surface area contributed by atoms with E-state index in [1.807, 2.05) is 6.92 Å². The SMILES string of the molecule is CCNC(=O)c1c(N)sc2c1C(CC)CCC2. The van der Waals surface area contributed by atoms with Crippen molar-refractivity contribution in [3.05, 3.63) is 16.0 Å². The molecule has 0 spiro atoms. The Balaban J connectivity index is 2.44. The van der Waals surface area contributed by atoms with Gasteiger partial charge in [-0.3, -0.25) is 4.79 Å². The molecule has 1 amide bonds. The number of thiophene rings is 1. The minimum atomic E-state index is 0.00264. The van der Waals surface area contributed by atoms with Crippen LogP contribution in [0.25, 0.3) is 0 Å². The van der Waals surface area contributed by atoms with Crippen molar-refractivity contribution in [3.8, 4) is 0 Å². The molecule has 3 N–H and O–H groups in total. The number of amides is 1. The van der Waals surface area contributed by atoms with Crippen molar-refractivity contribution in [2.75, 3.05) is 12.3 Å². The van der Waals surface area contributed by atoms with E-state index >= 15 is 0 Å². The molecule has 1 heterocycles.